The van der Waals surface area contributed by atoms with Crippen LogP contribution in [-0.2, 0) is 6.42 Å². The third-order valence-electron chi connectivity index (χ3n) is 3.68. The summed E-state index contributed by atoms with van der Waals surface area (Å²) in [6, 6.07) is 10.6. The van der Waals surface area contributed by atoms with Gasteiger partial charge in [0.15, 0.2) is 0 Å². The monoisotopic (exact) mass is 253 g/mol. The van der Waals surface area contributed by atoms with Crippen LogP contribution in [0.2, 0.25) is 0 Å². The Hall–Kier alpha value is -1.90. The van der Waals surface area contributed by atoms with Crippen molar-refractivity contribution in [2.24, 2.45) is 0 Å². The van der Waals surface area contributed by atoms with Gasteiger partial charge in [-0.3, -0.25) is 0 Å². The molecule has 1 unspecified atom stereocenters. The Kier molecular flexibility index (Phi) is 3.20. The molecule has 3 rings (SSSR count). The topological polar surface area (TPSA) is 37.8 Å². The van der Waals surface area contributed by atoms with E-state index in [2.05, 4.69) is 53.4 Å². The zero-order valence-corrected chi connectivity index (χ0v) is 11.4. The summed E-state index contributed by atoms with van der Waals surface area (Å²) in [6.45, 7) is 5.17. The van der Waals surface area contributed by atoms with Gasteiger partial charge in [-0.05, 0) is 23.6 Å². The molecule has 0 saturated carbocycles. The standard InChI is InChI=1S/C16H19N3/c1-11(2)16-17-8-7-15(19-16)18-10-13-9-12-5-3-4-6-14(12)13/h3-8,11,13H,9-10H2,1-2H3,(H,17,18,19). The molecule has 0 amide bonds. The molecule has 1 atom stereocenters. The van der Waals surface area contributed by atoms with Crippen molar-refractivity contribution in [1.82, 2.24) is 9.97 Å². The first-order valence-corrected chi connectivity index (χ1v) is 6.88. The summed E-state index contributed by atoms with van der Waals surface area (Å²) < 4.78 is 0. The molecule has 0 saturated heterocycles. The zero-order valence-electron chi connectivity index (χ0n) is 11.4. The van der Waals surface area contributed by atoms with Crippen molar-refractivity contribution in [3.8, 4) is 0 Å². The largest absolute Gasteiger partial charge is 0.369 e. The van der Waals surface area contributed by atoms with Gasteiger partial charge < -0.3 is 5.32 Å². The van der Waals surface area contributed by atoms with E-state index in [0.29, 0.717) is 11.8 Å². The van der Waals surface area contributed by atoms with Crippen LogP contribution in [0.4, 0.5) is 5.82 Å². The lowest BCUT2D eigenvalue weighted by Gasteiger charge is -2.30. The van der Waals surface area contributed by atoms with Crippen molar-refractivity contribution < 1.29 is 0 Å². The van der Waals surface area contributed by atoms with Gasteiger partial charge in [-0.25, -0.2) is 9.97 Å². The van der Waals surface area contributed by atoms with Crippen LogP contribution in [0, 0.1) is 0 Å². The summed E-state index contributed by atoms with van der Waals surface area (Å²) in [5.41, 5.74) is 2.97. The highest BCUT2D eigenvalue weighted by atomic mass is 15.0. The Morgan fingerprint density at radius 2 is 2.11 bits per heavy atom. The maximum atomic E-state index is 4.54. The highest BCUT2D eigenvalue weighted by molar-refractivity contribution is 5.42. The fourth-order valence-corrected chi connectivity index (χ4v) is 2.52. The molecule has 1 heterocycles. The molecule has 0 spiro atoms. The van der Waals surface area contributed by atoms with Gasteiger partial charge >= 0.3 is 0 Å². The molecule has 3 heteroatoms. The summed E-state index contributed by atoms with van der Waals surface area (Å²) in [4.78, 5) is 8.82. The first kappa shape index (κ1) is 12.2. The minimum Gasteiger partial charge on any atom is -0.369 e. The quantitative estimate of drug-likeness (QED) is 0.908. The Labute approximate surface area is 114 Å². The van der Waals surface area contributed by atoms with Crippen molar-refractivity contribution in [3.63, 3.8) is 0 Å². The molecule has 1 N–H and O–H groups in total. The maximum Gasteiger partial charge on any atom is 0.133 e. The highest BCUT2D eigenvalue weighted by Gasteiger charge is 2.24. The Morgan fingerprint density at radius 1 is 1.26 bits per heavy atom. The van der Waals surface area contributed by atoms with Gasteiger partial charge in [0.05, 0.1) is 0 Å². The predicted octanol–water partition coefficient (Wildman–Crippen LogP) is 3.35. The second kappa shape index (κ2) is 5.00. The number of aromatic nitrogens is 2. The van der Waals surface area contributed by atoms with Crippen LogP contribution in [0.25, 0.3) is 0 Å². The summed E-state index contributed by atoms with van der Waals surface area (Å²) in [5, 5.41) is 3.43. The number of hydrogen-bond donors (Lipinski definition) is 1. The smallest absolute Gasteiger partial charge is 0.133 e. The van der Waals surface area contributed by atoms with E-state index in [1.807, 2.05) is 12.3 Å². The highest BCUT2D eigenvalue weighted by Crippen LogP contribution is 2.34. The lowest BCUT2D eigenvalue weighted by Crippen LogP contribution is -2.24. The summed E-state index contributed by atoms with van der Waals surface area (Å²) >= 11 is 0. The van der Waals surface area contributed by atoms with E-state index in [1.165, 1.54) is 17.5 Å². The lowest BCUT2D eigenvalue weighted by molar-refractivity contribution is 0.633. The second-order valence-corrected chi connectivity index (χ2v) is 5.44. The van der Waals surface area contributed by atoms with Gasteiger partial charge in [0, 0.05) is 24.6 Å². The van der Waals surface area contributed by atoms with Crippen LogP contribution in [-0.4, -0.2) is 16.5 Å². The summed E-state index contributed by atoms with van der Waals surface area (Å²) in [6.07, 6.45) is 3.00. The number of fused-ring (bicyclic) bond motifs is 1. The number of anilines is 1. The molecule has 98 valence electrons. The molecule has 1 aliphatic rings. The number of nitrogens with zero attached hydrogens (tertiary/aromatic N) is 2. The number of hydrogen-bond acceptors (Lipinski definition) is 3. The van der Waals surface area contributed by atoms with Crippen molar-refractivity contribution in [3.05, 3.63) is 53.5 Å². The first-order chi connectivity index (χ1) is 9.24. The second-order valence-electron chi connectivity index (χ2n) is 5.44. The maximum absolute atomic E-state index is 4.54. The molecule has 2 aromatic rings. The third-order valence-corrected chi connectivity index (χ3v) is 3.68. The van der Waals surface area contributed by atoms with Gasteiger partial charge in [-0.2, -0.15) is 0 Å². The van der Waals surface area contributed by atoms with Crippen LogP contribution >= 0.6 is 0 Å². The van der Waals surface area contributed by atoms with Gasteiger partial charge in [0.2, 0.25) is 0 Å². The van der Waals surface area contributed by atoms with Gasteiger partial charge in [0.25, 0.3) is 0 Å². The molecule has 1 aliphatic carbocycles. The Balaban J connectivity index is 1.63. The minimum atomic E-state index is 0.367. The molecule has 0 fully saturated rings. The van der Waals surface area contributed by atoms with Gasteiger partial charge in [0.1, 0.15) is 11.6 Å². The van der Waals surface area contributed by atoms with E-state index in [0.717, 1.165) is 18.2 Å². The van der Waals surface area contributed by atoms with Crippen LogP contribution < -0.4 is 5.32 Å². The fraction of sp³-hybridized carbons (Fsp3) is 0.375. The Bertz CT molecular complexity index is 578. The first-order valence-electron chi connectivity index (χ1n) is 6.88. The van der Waals surface area contributed by atoms with E-state index in [9.17, 15) is 0 Å². The van der Waals surface area contributed by atoms with Gasteiger partial charge in [-0.15, -0.1) is 0 Å². The predicted molar refractivity (Wildman–Crippen MR) is 77.5 cm³/mol. The van der Waals surface area contributed by atoms with Crippen LogP contribution in [0.5, 0.6) is 0 Å². The van der Waals surface area contributed by atoms with E-state index < -0.39 is 0 Å². The Morgan fingerprint density at radius 3 is 2.89 bits per heavy atom. The van der Waals surface area contributed by atoms with E-state index in [-0.39, 0.29) is 0 Å². The third kappa shape index (κ3) is 2.46. The number of nitrogens with one attached hydrogen (secondary N) is 1. The van der Waals surface area contributed by atoms with Crippen LogP contribution in [0.3, 0.4) is 0 Å². The summed E-state index contributed by atoms with van der Waals surface area (Å²) in [7, 11) is 0. The molecule has 0 bridgehead atoms. The lowest BCUT2D eigenvalue weighted by atomic mass is 9.78. The minimum absolute atomic E-state index is 0.367. The molecular weight excluding hydrogens is 234 g/mol. The SMILES string of the molecule is CC(C)c1nccc(NCC2Cc3ccccc32)n1. The molecule has 0 aliphatic heterocycles. The number of benzene rings is 1. The molecule has 3 nitrogen and oxygen atoms in total. The molecule has 19 heavy (non-hydrogen) atoms. The van der Waals surface area contributed by atoms with Crippen molar-refractivity contribution in [2.75, 3.05) is 11.9 Å². The molecule has 0 radical (unpaired) electrons. The van der Waals surface area contributed by atoms with Crippen molar-refractivity contribution >= 4 is 5.82 Å². The molecule has 1 aromatic carbocycles. The van der Waals surface area contributed by atoms with E-state index in [4.69, 9.17) is 0 Å². The molecular formula is C16H19N3. The van der Waals surface area contributed by atoms with Crippen molar-refractivity contribution in [2.45, 2.75) is 32.1 Å². The molecule has 1 aromatic heterocycles. The number of rotatable bonds is 4. The average molecular weight is 253 g/mol. The van der Waals surface area contributed by atoms with E-state index >= 15 is 0 Å². The summed E-state index contributed by atoms with van der Waals surface area (Å²) in [5.74, 6) is 2.82. The van der Waals surface area contributed by atoms with E-state index in [1.54, 1.807) is 0 Å². The average Bonchev–Trinajstić information content (AvgIpc) is 2.40. The van der Waals surface area contributed by atoms with Gasteiger partial charge in [-0.1, -0.05) is 38.1 Å². The zero-order chi connectivity index (χ0) is 13.2. The fourth-order valence-electron chi connectivity index (χ4n) is 2.52. The normalized spacial score (nSPS) is 16.9. The van der Waals surface area contributed by atoms with Crippen molar-refractivity contribution in [1.29, 1.82) is 0 Å². The van der Waals surface area contributed by atoms with Crippen LogP contribution in [0.15, 0.2) is 36.5 Å². The van der Waals surface area contributed by atoms with Crippen LogP contribution in [0.1, 0.15) is 42.6 Å².